The first-order valence-electron chi connectivity index (χ1n) is 17.6. The van der Waals surface area contributed by atoms with Gasteiger partial charge in [0.05, 0.1) is 25.6 Å². The number of ether oxygens (including phenoxy) is 2. The smallest absolute Gasteiger partial charge is 0.408 e. The maximum Gasteiger partial charge on any atom is 0.408 e. The normalized spacial score (nSPS) is 19.2. The summed E-state index contributed by atoms with van der Waals surface area (Å²) in [6.45, 7) is 2.25. The minimum absolute atomic E-state index is 0.0237. The Morgan fingerprint density at radius 1 is 0.942 bits per heavy atom. The van der Waals surface area contributed by atoms with Gasteiger partial charge in [-0.3, -0.25) is 24.0 Å². The van der Waals surface area contributed by atoms with Gasteiger partial charge >= 0.3 is 18.1 Å². The number of amides is 6. The minimum Gasteiger partial charge on any atom is -0.469 e. The van der Waals surface area contributed by atoms with Crippen LogP contribution >= 0.6 is 11.8 Å². The maximum atomic E-state index is 13.4. The Bertz CT molecular complexity index is 1390. The Morgan fingerprint density at radius 2 is 1.67 bits per heavy atom. The van der Waals surface area contributed by atoms with Crippen LogP contribution in [0.15, 0.2) is 30.3 Å². The number of fused-ring (bicyclic) bond motifs is 1. The third kappa shape index (κ3) is 14.0. The van der Waals surface area contributed by atoms with Crippen LogP contribution in [-0.4, -0.2) is 103 Å². The summed E-state index contributed by atoms with van der Waals surface area (Å²) >= 11 is 1.83. The van der Waals surface area contributed by atoms with Gasteiger partial charge in [-0.05, 0) is 43.6 Å². The number of alkyl carbamates (subject to hydrolysis) is 1. The van der Waals surface area contributed by atoms with Gasteiger partial charge < -0.3 is 41.4 Å². The number of alkyl halides is 1. The number of urea groups is 1. The van der Waals surface area contributed by atoms with Gasteiger partial charge in [-0.2, -0.15) is 11.8 Å². The fourth-order valence-electron chi connectivity index (χ4n) is 5.88. The predicted molar refractivity (Wildman–Crippen MR) is 191 cm³/mol. The molecule has 0 bridgehead atoms. The van der Waals surface area contributed by atoms with Gasteiger partial charge in [-0.1, -0.05) is 50.6 Å². The monoisotopic (exact) mass is 750 g/mol. The average Bonchev–Trinajstić information content (AvgIpc) is 3.69. The Hall–Kier alpha value is -4.41. The van der Waals surface area contributed by atoms with E-state index in [4.69, 9.17) is 4.74 Å². The SMILES string of the molecule is COC(=O)CC(NC(=O)C(CCCCNC(=O)CCCCC1SCC2NC(=O)NC21)NC(=O)C(NC(=O)OCc1ccccc1)C(C)C)C(=O)CF. The molecule has 2 fully saturated rings. The number of hydrogen-bond donors (Lipinski definition) is 6. The van der Waals surface area contributed by atoms with E-state index in [0.29, 0.717) is 37.5 Å². The number of rotatable bonds is 22. The Balaban J connectivity index is 1.51. The average molecular weight is 751 g/mol. The number of esters is 1. The van der Waals surface area contributed by atoms with E-state index in [-0.39, 0.29) is 37.0 Å². The van der Waals surface area contributed by atoms with Crippen molar-refractivity contribution in [2.75, 3.05) is 26.1 Å². The fourth-order valence-corrected chi connectivity index (χ4v) is 7.43. The van der Waals surface area contributed by atoms with E-state index in [0.717, 1.165) is 31.3 Å². The van der Waals surface area contributed by atoms with E-state index in [1.54, 1.807) is 38.1 Å². The first kappa shape index (κ1) is 42.0. The highest BCUT2D eigenvalue weighted by Crippen LogP contribution is 2.33. The molecule has 2 aliphatic heterocycles. The van der Waals surface area contributed by atoms with Gasteiger partial charge in [0.15, 0.2) is 5.78 Å². The highest BCUT2D eigenvalue weighted by Gasteiger charge is 2.42. The molecule has 6 amide bonds. The second-order valence-electron chi connectivity index (χ2n) is 13.1. The van der Waals surface area contributed by atoms with Crippen LogP contribution in [-0.2, 0) is 40.1 Å². The van der Waals surface area contributed by atoms with Crippen LogP contribution in [0, 0.1) is 5.92 Å². The molecule has 52 heavy (non-hydrogen) atoms. The van der Waals surface area contributed by atoms with E-state index < -0.39 is 66.8 Å². The summed E-state index contributed by atoms with van der Waals surface area (Å²) < 4.78 is 23.1. The standard InChI is InChI=1S/C35H51FN6O9S/c1-21(2)30(42-35(49)51-19-22-11-5-4-6-12-22)33(47)38-23(32(46)39-24(26(43)18-36)17-29(45)50-3)13-9-10-16-37-28(44)15-8-7-14-27-31-25(20-52-27)40-34(48)41-31/h4-6,11-12,21,23-25,27,30-31H,7-10,13-20H2,1-3H3,(H,37,44)(H,38,47)(H,39,46)(H,42,49)(H2,40,41,48). The van der Waals surface area contributed by atoms with Crippen molar-refractivity contribution in [3.05, 3.63) is 35.9 Å². The molecule has 15 nitrogen and oxygen atoms in total. The van der Waals surface area contributed by atoms with Crippen LogP contribution in [0.1, 0.15) is 70.8 Å². The van der Waals surface area contributed by atoms with Crippen molar-refractivity contribution in [1.82, 2.24) is 31.9 Å². The van der Waals surface area contributed by atoms with E-state index >= 15 is 0 Å². The summed E-state index contributed by atoms with van der Waals surface area (Å²) in [6, 6.07) is 5.27. The molecule has 6 unspecified atom stereocenters. The number of nitrogens with one attached hydrogen (secondary N) is 6. The number of ketones is 1. The van der Waals surface area contributed by atoms with E-state index in [2.05, 4.69) is 36.6 Å². The van der Waals surface area contributed by atoms with Crippen LogP contribution in [0.4, 0.5) is 14.0 Å². The fraction of sp³-hybridized carbons (Fsp3) is 0.629. The maximum absolute atomic E-state index is 13.4. The second-order valence-corrected chi connectivity index (χ2v) is 14.4. The molecule has 3 rings (SSSR count). The number of Topliss-reactive ketones (excluding diaryl/α,β-unsaturated/α-hetero) is 1. The number of benzene rings is 1. The first-order valence-corrected chi connectivity index (χ1v) is 18.6. The van der Waals surface area contributed by atoms with Crippen LogP contribution < -0.4 is 31.9 Å². The van der Waals surface area contributed by atoms with Crippen molar-refractivity contribution in [3.63, 3.8) is 0 Å². The number of halogens is 1. The van der Waals surface area contributed by atoms with E-state index in [9.17, 15) is 38.0 Å². The van der Waals surface area contributed by atoms with Gasteiger partial charge in [-0.15, -0.1) is 0 Å². The lowest BCUT2D eigenvalue weighted by molar-refractivity contribution is -0.143. The van der Waals surface area contributed by atoms with Gasteiger partial charge in [0.25, 0.3) is 0 Å². The minimum atomic E-state index is -1.52. The van der Waals surface area contributed by atoms with Gasteiger partial charge in [0.2, 0.25) is 17.7 Å². The van der Waals surface area contributed by atoms with Crippen molar-refractivity contribution in [2.24, 2.45) is 5.92 Å². The number of unbranched alkanes of at least 4 members (excludes halogenated alkanes) is 2. The summed E-state index contributed by atoms with van der Waals surface area (Å²) in [6.07, 6.45) is 2.23. The zero-order valence-corrected chi connectivity index (χ0v) is 30.7. The van der Waals surface area contributed by atoms with E-state index in [1.807, 2.05) is 17.8 Å². The van der Waals surface area contributed by atoms with Crippen molar-refractivity contribution >= 4 is 53.4 Å². The van der Waals surface area contributed by atoms with Crippen LogP contribution in [0.25, 0.3) is 0 Å². The molecule has 1 aromatic rings. The molecule has 0 aliphatic carbocycles. The topological polar surface area (TPSA) is 210 Å². The van der Waals surface area contributed by atoms with Crippen molar-refractivity contribution in [3.8, 4) is 0 Å². The predicted octanol–water partition coefficient (Wildman–Crippen LogP) is 2.02. The lowest BCUT2D eigenvalue weighted by atomic mass is 10.0. The Morgan fingerprint density at radius 3 is 2.37 bits per heavy atom. The molecule has 0 radical (unpaired) electrons. The molecule has 1 aromatic carbocycles. The number of carbonyl (C=O) groups is 7. The molecule has 2 aliphatic rings. The highest BCUT2D eigenvalue weighted by atomic mass is 32.2. The molecule has 17 heteroatoms. The molecule has 6 atom stereocenters. The number of methoxy groups -OCH3 is 1. The third-order valence-corrected chi connectivity index (χ3v) is 10.3. The van der Waals surface area contributed by atoms with Crippen LogP contribution in [0.2, 0.25) is 0 Å². The zero-order chi connectivity index (χ0) is 38.0. The van der Waals surface area contributed by atoms with E-state index in [1.165, 1.54) is 0 Å². The molecule has 0 spiro atoms. The second kappa shape index (κ2) is 21.8. The molecule has 2 heterocycles. The quantitative estimate of drug-likeness (QED) is 0.0577. The molecule has 0 aromatic heterocycles. The molecule has 2 saturated heterocycles. The highest BCUT2D eigenvalue weighted by molar-refractivity contribution is 8.00. The molecule has 0 saturated carbocycles. The van der Waals surface area contributed by atoms with Crippen molar-refractivity contribution < 1.29 is 47.4 Å². The van der Waals surface area contributed by atoms with Gasteiger partial charge in [-0.25, -0.2) is 14.0 Å². The number of thioether (sulfide) groups is 1. The van der Waals surface area contributed by atoms with Crippen molar-refractivity contribution in [1.29, 1.82) is 0 Å². The molecule has 6 N–H and O–H groups in total. The zero-order valence-electron chi connectivity index (χ0n) is 29.9. The largest absolute Gasteiger partial charge is 0.469 e. The summed E-state index contributed by atoms with van der Waals surface area (Å²) in [7, 11) is 1.09. The summed E-state index contributed by atoms with van der Waals surface area (Å²) in [5.41, 5.74) is 0.746. The number of hydrogen-bond acceptors (Lipinski definition) is 10. The Kier molecular flexibility index (Phi) is 17.6. The van der Waals surface area contributed by atoms with Crippen LogP contribution in [0.5, 0.6) is 0 Å². The third-order valence-electron chi connectivity index (χ3n) is 8.83. The number of carbonyl (C=O) groups excluding carboxylic acids is 7. The molecule has 288 valence electrons. The summed E-state index contributed by atoms with van der Waals surface area (Å²) in [4.78, 5) is 87.5. The van der Waals surface area contributed by atoms with Gasteiger partial charge in [0, 0.05) is 24.0 Å². The van der Waals surface area contributed by atoms with Crippen molar-refractivity contribution in [2.45, 2.75) is 107 Å². The summed E-state index contributed by atoms with van der Waals surface area (Å²) in [5.74, 6) is -3.06. The molecular weight excluding hydrogens is 699 g/mol. The lowest BCUT2D eigenvalue weighted by Crippen LogP contribution is -2.57. The lowest BCUT2D eigenvalue weighted by Gasteiger charge is -2.26. The first-order chi connectivity index (χ1) is 24.9. The summed E-state index contributed by atoms with van der Waals surface area (Å²) in [5, 5.41) is 16.6. The molecular formula is C35H51FN6O9S. The van der Waals surface area contributed by atoms with Gasteiger partial charge in [0.1, 0.15) is 31.4 Å². The van der Waals surface area contributed by atoms with Crippen LogP contribution in [0.3, 0.4) is 0 Å². The Labute approximate surface area is 307 Å².